The molecule has 1 saturated heterocycles. The SMILES string of the molecule is COc1cccc([C@H](CNC(=O)NC2CCOCC2)OC)c1. The van der Waals surface area contributed by atoms with Gasteiger partial charge in [-0.2, -0.15) is 0 Å². The first-order valence-electron chi connectivity index (χ1n) is 7.51. The van der Waals surface area contributed by atoms with Gasteiger partial charge in [-0.1, -0.05) is 12.1 Å². The number of nitrogens with one attached hydrogen (secondary N) is 2. The van der Waals surface area contributed by atoms with Gasteiger partial charge in [-0.05, 0) is 30.5 Å². The second kappa shape index (κ2) is 8.60. The van der Waals surface area contributed by atoms with Gasteiger partial charge in [0.2, 0.25) is 0 Å². The number of ether oxygens (including phenoxy) is 3. The maximum absolute atomic E-state index is 11.9. The molecule has 0 radical (unpaired) electrons. The summed E-state index contributed by atoms with van der Waals surface area (Å²) in [5.74, 6) is 0.770. The number of amides is 2. The van der Waals surface area contributed by atoms with Crippen molar-refractivity contribution < 1.29 is 19.0 Å². The molecule has 0 aromatic heterocycles. The number of carbonyl (C=O) groups is 1. The third-order valence-corrected chi connectivity index (χ3v) is 3.75. The Bertz CT molecular complexity index is 475. The number of rotatable bonds is 6. The Balaban J connectivity index is 1.83. The smallest absolute Gasteiger partial charge is 0.315 e. The van der Waals surface area contributed by atoms with Gasteiger partial charge in [0.05, 0.1) is 13.2 Å². The largest absolute Gasteiger partial charge is 0.497 e. The molecular formula is C16H24N2O4. The predicted molar refractivity (Wildman–Crippen MR) is 83.1 cm³/mol. The first-order chi connectivity index (χ1) is 10.7. The third kappa shape index (κ3) is 4.89. The maximum Gasteiger partial charge on any atom is 0.315 e. The molecule has 0 spiro atoms. The molecule has 1 atom stereocenters. The fourth-order valence-electron chi connectivity index (χ4n) is 2.44. The summed E-state index contributed by atoms with van der Waals surface area (Å²) in [6.07, 6.45) is 1.50. The summed E-state index contributed by atoms with van der Waals surface area (Å²) in [4.78, 5) is 11.9. The zero-order valence-corrected chi connectivity index (χ0v) is 13.1. The van der Waals surface area contributed by atoms with Crippen molar-refractivity contribution in [2.75, 3.05) is 34.0 Å². The van der Waals surface area contributed by atoms with Crippen LogP contribution in [0.2, 0.25) is 0 Å². The van der Waals surface area contributed by atoms with E-state index in [9.17, 15) is 4.79 Å². The summed E-state index contributed by atoms with van der Waals surface area (Å²) in [6, 6.07) is 7.66. The van der Waals surface area contributed by atoms with Crippen molar-refractivity contribution in [2.45, 2.75) is 25.0 Å². The van der Waals surface area contributed by atoms with Crippen molar-refractivity contribution in [1.29, 1.82) is 0 Å². The summed E-state index contributed by atoms with van der Waals surface area (Å²) in [5.41, 5.74) is 0.966. The lowest BCUT2D eigenvalue weighted by atomic mass is 10.1. The molecule has 1 aromatic rings. The summed E-state index contributed by atoms with van der Waals surface area (Å²) >= 11 is 0. The van der Waals surface area contributed by atoms with Gasteiger partial charge in [0, 0.05) is 32.9 Å². The van der Waals surface area contributed by atoms with E-state index in [1.807, 2.05) is 24.3 Å². The van der Waals surface area contributed by atoms with Gasteiger partial charge < -0.3 is 24.8 Å². The van der Waals surface area contributed by atoms with Crippen LogP contribution in [0.5, 0.6) is 5.75 Å². The zero-order chi connectivity index (χ0) is 15.8. The van der Waals surface area contributed by atoms with Gasteiger partial charge in [0.1, 0.15) is 5.75 Å². The molecule has 2 rings (SSSR count). The molecule has 1 heterocycles. The summed E-state index contributed by atoms with van der Waals surface area (Å²) in [5, 5.41) is 5.82. The average molecular weight is 308 g/mol. The fraction of sp³-hybridized carbons (Fsp3) is 0.562. The van der Waals surface area contributed by atoms with Gasteiger partial charge in [-0.15, -0.1) is 0 Å². The van der Waals surface area contributed by atoms with E-state index in [1.54, 1.807) is 14.2 Å². The van der Waals surface area contributed by atoms with Gasteiger partial charge in [0.15, 0.2) is 0 Å². The van der Waals surface area contributed by atoms with Crippen LogP contribution < -0.4 is 15.4 Å². The Morgan fingerprint density at radius 1 is 1.36 bits per heavy atom. The first kappa shape index (κ1) is 16.6. The Morgan fingerprint density at radius 3 is 2.82 bits per heavy atom. The maximum atomic E-state index is 11.9. The molecular weight excluding hydrogens is 284 g/mol. The fourth-order valence-corrected chi connectivity index (χ4v) is 2.44. The molecule has 6 nitrogen and oxygen atoms in total. The van der Waals surface area contributed by atoms with Crippen molar-refractivity contribution in [1.82, 2.24) is 10.6 Å². The topological polar surface area (TPSA) is 68.8 Å². The Kier molecular flexibility index (Phi) is 6.48. The van der Waals surface area contributed by atoms with Gasteiger partial charge >= 0.3 is 6.03 Å². The molecule has 0 aliphatic carbocycles. The summed E-state index contributed by atoms with van der Waals surface area (Å²) < 4.78 is 15.9. The van der Waals surface area contributed by atoms with Crippen LogP contribution in [0.4, 0.5) is 4.79 Å². The van der Waals surface area contributed by atoms with Crippen LogP contribution in [0.3, 0.4) is 0 Å². The van der Waals surface area contributed by atoms with Crippen molar-refractivity contribution in [2.24, 2.45) is 0 Å². The van der Waals surface area contributed by atoms with E-state index in [1.165, 1.54) is 0 Å². The highest BCUT2D eigenvalue weighted by atomic mass is 16.5. The van der Waals surface area contributed by atoms with Gasteiger partial charge in [-0.3, -0.25) is 0 Å². The van der Waals surface area contributed by atoms with Crippen molar-refractivity contribution in [3.8, 4) is 5.75 Å². The van der Waals surface area contributed by atoms with Crippen LogP contribution in [0.1, 0.15) is 24.5 Å². The van der Waals surface area contributed by atoms with E-state index in [-0.39, 0.29) is 18.2 Å². The number of carbonyl (C=O) groups excluding carboxylic acids is 1. The second-order valence-electron chi connectivity index (χ2n) is 5.24. The van der Waals surface area contributed by atoms with Crippen molar-refractivity contribution in [3.05, 3.63) is 29.8 Å². The monoisotopic (exact) mass is 308 g/mol. The normalized spacial score (nSPS) is 16.8. The van der Waals surface area contributed by atoms with Crippen molar-refractivity contribution >= 4 is 6.03 Å². The highest BCUT2D eigenvalue weighted by Crippen LogP contribution is 2.20. The summed E-state index contributed by atoms with van der Waals surface area (Å²) in [6.45, 7) is 1.81. The molecule has 6 heteroatoms. The van der Waals surface area contributed by atoms with Gasteiger partial charge in [-0.25, -0.2) is 4.79 Å². The average Bonchev–Trinajstić information content (AvgIpc) is 2.56. The standard InChI is InChI=1S/C16H24N2O4/c1-20-14-5-3-4-12(10-14)15(21-2)11-17-16(19)18-13-6-8-22-9-7-13/h3-5,10,13,15H,6-9,11H2,1-2H3,(H2,17,18,19)/t15-/m0/s1. The molecule has 1 aliphatic rings. The number of hydrogen-bond acceptors (Lipinski definition) is 4. The van der Waals surface area contributed by atoms with Gasteiger partial charge in [0.25, 0.3) is 0 Å². The van der Waals surface area contributed by atoms with E-state index in [2.05, 4.69) is 10.6 Å². The quantitative estimate of drug-likeness (QED) is 0.841. The molecule has 22 heavy (non-hydrogen) atoms. The lowest BCUT2D eigenvalue weighted by Gasteiger charge is -2.24. The number of hydrogen-bond donors (Lipinski definition) is 2. The molecule has 2 N–H and O–H groups in total. The molecule has 1 aliphatic heterocycles. The Labute approximate surface area is 131 Å². The molecule has 0 saturated carbocycles. The summed E-state index contributed by atoms with van der Waals surface area (Å²) in [7, 11) is 3.25. The van der Waals surface area contributed by atoms with E-state index >= 15 is 0 Å². The minimum Gasteiger partial charge on any atom is -0.497 e. The third-order valence-electron chi connectivity index (χ3n) is 3.75. The van der Waals surface area contributed by atoms with Crippen LogP contribution in [-0.2, 0) is 9.47 Å². The zero-order valence-electron chi connectivity index (χ0n) is 13.1. The van der Waals surface area contributed by atoms with Crippen LogP contribution in [0, 0.1) is 0 Å². The van der Waals surface area contributed by atoms with Crippen LogP contribution in [-0.4, -0.2) is 46.1 Å². The number of methoxy groups -OCH3 is 2. The van der Waals surface area contributed by atoms with Crippen molar-refractivity contribution in [3.63, 3.8) is 0 Å². The minimum atomic E-state index is -0.212. The highest BCUT2D eigenvalue weighted by Gasteiger charge is 2.17. The van der Waals surface area contributed by atoms with E-state index in [0.717, 1.165) is 24.2 Å². The van der Waals surface area contributed by atoms with Crippen LogP contribution >= 0.6 is 0 Å². The van der Waals surface area contributed by atoms with E-state index in [0.29, 0.717) is 19.8 Å². The second-order valence-corrected chi connectivity index (χ2v) is 5.24. The van der Waals surface area contributed by atoms with Crippen LogP contribution in [0.15, 0.2) is 24.3 Å². The lowest BCUT2D eigenvalue weighted by molar-refractivity contribution is 0.0790. The van der Waals surface area contributed by atoms with Crippen LogP contribution in [0.25, 0.3) is 0 Å². The Morgan fingerprint density at radius 2 is 2.14 bits per heavy atom. The highest BCUT2D eigenvalue weighted by molar-refractivity contribution is 5.74. The molecule has 1 fully saturated rings. The molecule has 0 bridgehead atoms. The lowest BCUT2D eigenvalue weighted by Crippen LogP contribution is -2.45. The molecule has 0 unspecified atom stereocenters. The molecule has 1 aromatic carbocycles. The molecule has 2 amide bonds. The Hall–Kier alpha value is -1.79. The number of urea groups is 1. The number of benzene rings is 1. The first-order valence-corrected chi connectivity index (χ1v) is 7.51. The molecule has 122 valence electrons. The van der Waals surface area contributed by atoms with E-state index < -0.39 is 0 Å². The van der Waals surface area contributed by atoms with E-state index in [4.69, 9.17) is 14.2 Å². The minimum absolute atomic E-state index is 0.170. The predicted octanol–water partition coefficient (Wildman–Crippen LogP) is 1.86.